The zero-order valence-corrected chi connectivity index (χ0v) is 17.6. The highest BCUT2D eigenvalue weighted by molar-refractivity contribution is 6.01. The Labute approximate surface area is 180 Å². The van der Waals surface area contributed by atoms with E-state index >= 15 is 0 Å². The van der Waals surface area contributed by atoms with Crippen LogP contribution in [0.3, 0.4) is 0 Å². The molecule has 0 radical (unpaired) electrons. The number of nitrogens with zero attached hydrogens (tertiary/aromatic N) is 3. The first-order valence-electron chi connectivity index (χ1n) is 10.5. The Morgan fingerprint density at radius 1 is 0.968 bits per heavy atom. The van der Waals surface area contributed by atoms with E-state index in [1.165, 1.54) is 15.7 Å². The molecule has 31 heavy (non-hydrogen) atoms. The Hall–Kier alpha value is -3.45. The number of aromatic nitrogens is 2. The summed E-state index contributed by atoms with van der Waals surface area (Å²) in [6, 6.07) is 17.5. The molecule has 0 fully saturated rings. The summed E-state index contributed by atoms with van der Waals surface area (Å²) in [5, 5.41) is 0. The van der Waals surface area contributed by atoms with Crippen LogP contribution in [0.4, 0.5) is 5.82 Å². The fraction of sp³-hybridized carbons (Fsp3) is 0.292. The van der Waals surface area contributed by atoms with Crippen molar-refractivity contribution in [2.24, 2.45) is 0 Å². The van der Waals surface area contributed by atoms with Gasteiger partial charge in [-0.15, -0.1) is 0 Å². The third-order valence-electron chi connectivity index (χ3n) is 5.82. The fourth-order valence-corrected chi connectivity index (χ4v) is 4.15. The quantitative estimate of drug-likeness (QED) is 0.618. The molecule has 2 heterocycles. The average Bonchev–Trinajstić information content (AvgIpc) is 2.77. The molecule has 0 spiro atoms. The number of nitrogen functional groups attached to an aromatic ring is 1. The van der Waals surface area contributed by atoms with Gasteiger partial charge in [-0.05, 0) is 30.0 Å². The van der Waals surface area contributed by atoms with Crippen LogP contribution >= 0.6 is 0 Å². The largest absolute Gasteiger partial charge is 0.384 e. The van der Waals surface area contributed by atoms with Crippen molar-refractivity contribution >= 4 is 11.6 Å². The predicted molar refractivity (Wildman–Crippen MR) is 120 cm³/mol. The molecule has 7 nitrogen and oxygen atoms in total. The maximum absolute atomic E-state index is 13.2. The van der Waals surface area contributed by atoms with Gasteiger partial charge in [0.1, 0.15) is 11.4 Å². The van der Waals surface area contributed by atoms with Gasteiger partial charge in [-0.25, -0.2) is 4.79 Å². The highest BCUT2D eigenvalue weighted by Gasteiger charge is 2.25. The summed E-state index contributed by atoms with van der Waals surface area (Å²) >= 11 is 0. The van der Waals surface area contributed by atoms with Crippen LogP contribution in [0.25, 0.3) is 0 Å². The van der Waals surface area contributed by atoms with E-state index in [1.807, 2.05) is 47.4 Å². The first-order chi connectivity index (χ1) is 15.0. The van der Waals surface area contributed by atoms with Crippen LogP contribution in [0.5, 0.6) is 0 Å². The van der Waals surface area contributed by atoms with Gasteiger partial charge < -0.3 is 5.73 Å². The van der Waals surface area contributed by atoms with Gasteiger partial charge in [0.05, 0.1) is 13.1 Å². The maximum atomic E-state index is 13.2. The zero-order valence-electron chi connectivity index (χ0n) is 17.6. The normalized spacial score (nSPS) is 13.7. The lowest BCUT2D eigenvalue weighted by molar-refractivity contribution is 0.0919. The minimum atomic E-state index is -0.614. The summed E-state index contributed by atoms with van der Waals surface area (Å²) in [4.78, 5) is 41.1. The summed E-state index contributed by atoms with van der Waals surface area (Å²) in [5.41, 5.74) is 8.37. The molecule has 0 unspecified atom stereocenters. The van der Waals surface area contributed by atoms with Gasteiger partial charge in [-0.1, -0.05) is 54.6 Å². The van der Waals surface area contributed by atoms with Crippen LogP contribution in [0, 0.1) is 0 Å². The van der Waals surface area contributed by atoms with E-state index in [-0.39, 0.29) is 36.8 Å². The van der Waals surface area contributed by atoms with E-state index in [1.54, 1.807) is 6.92 Å². The molecule has 1 aliphatic rings. The highest BCUT2D eigenvalue weighted by atomic mass is 16.2. The standard InChI is InChI=1S/C24H26N4O3/c1-2-27-23(30)21(22(25)28(24(27)31)14-17-8-4-3-5-9-17)20(29)16-26-13-12-18-10-6-7-11-19(18)15-26/h3-11H,2,12-16,25H2,1H3. The first kappa shape index (κ1) is 20.8. The van der Waals surface area contributed by atoms with Gasteiger partial charge >= 0.3 is 5.69 Å². The van der Waals surface area contributed by atoms with Crippen LogP contribution < -0.4 is 17.0 Å². The Kier molecular flexibility index (Phi) is 5.86. The number of benzene rings is 2. The first-order valence-corrected chi connectivity index (χ1v) is 10.5. The molecule has 0 amide bonds. The van der Waals surface area contributed by atoms with Crippen molar-refractivity contribution in [2.75, 3.05) is 18.8 Å². The van der Waals surface area contributed by atoms with Gasteiger partial charge in [0.2, 0.25) is 0 Å². The summed E-state index contributed by atoms with van der Waals surface area (Å²) < 4.78 is 2.40. The number of rotatable bonds is 6. The van der Waals surface area contributed by atoms with Gasteiger partial charge in [0, 0.05) is 19.6 Å². The average molecular weight is 418 g/mol. The Morgan fingerprint density at radius 3 is 2.35 bits per heavy atom. The van der Waals surface area contributed by atoms with E-state index in [4.69, 9.17) is 5.73 Å². The molecular weight excluding hydrogens is 392 g/mol. The van der Waals surface area contributed by atoms with Crippen molar-refractivity contribution in [3.63, 3.8) is 0 Å². The minimum Gasteiger partial charge on any atom is -0.384 e. The number of Topliss-reactive ketones (excluding diaryl/α,β-unsaturated/α-hetero) is 1. The lowest BCUT2D eigenvalue weighted by Gasteiger charge is -2.28. The monoisotopic (exact) mass is 418 g/mol. The smallest absolute Gasteiger partial charge is 0.332 e. The van der Waals surface area contributed by atoms with Gasteiger partial charge in [0.15, 0.2) is 5.78 Å². The highest BCUT2D eigenvalue weighted by Crippen LogP contribution is 2.19. The van der Waals surface area contributed by atoms with Gasteiger partial charge in [-0.3, -0.25) is 23.6 Å². The van der Waals surface area contributed by atoms with Crippen LogP contribution in [0.1, 0.15) is 34.0 Å². The second-order valence-electron chi connectivity index (χ2n) is 7.82. The maximum Gasteiger partial charge on any atom is 0.332 e. The molecule has 160 valence electrons. The molecule has 7 heteroatoms. The van der Waals surface area contributed by atoms with E-state index < -0.39 is 11.2 Å². The Morgan fingerprint density at radius 2 is 1.65 bits per heavy atom. The lowest BCUT2D eigenvalue weighted by Crippen LogP contribution is -2.45. The SMILES string of the molecule is CCn1c(=O)c(C(=O)CN2CCc3ccccc3C2)c(N)n(Cc2ccccc2)c1=O. The lowest BCUT2D eigenvalue weighted by atomic mass is 9.99. The zero-order chi connectivity index (χ0) is 22.0. The van der Waals surface area contributed by atoms with E-state index in [0.29, 0.717) is 6.54 Å². The predicted octanol–water partition coefficient (Wildman–Crippen LogP) is 1.90. The van der Waals surface area contributed by atoms with E-state index in [0.717, 1.165) is 23.1 Å². The van der Waals surface area contributed by atoms with E-state index in [2.05, 4.69) is 12.1 Å². The van der Waals surface area contributed by atoms with Crippen molar-refractivity contribution in [1.82, 2.24) is 14.0 Å². The third-order valence-corrected chi connectivity index (χ3v) is 5.82. The topological polar surface area (TPSA) is 90.3 Å². The van der Waals surface area contributed by atoms with Gasteiger partial charge in [0.25, 0.3) is 5.56 Å². The van der Waals surface area contributed by atoms with Crippen LogP contribution in [0.2, 0.25) is 0 Å². The molecule has 1 aliphatic heterocycles. The fourth-order valence-electron chi connectivity index (χ4n) is 4.15. The second-order valence-corrected chi connectivity index (χ2v) is 7.82. The number of hydrogen-bond donors (Lipinski definition) is 1. The Bertz CT molecular complexity index is 1230. The van der Waals surface area contributed by atoms with Crippen molar-refractivity contribution in [3.05, 3.63) is 97.7 Å². The molecule has 2 aromatic carbocycles. The summed E-state index contributed by atoms with van der Waals surface area (Å²) in [5.74, 6) is -0.420. The number of ketones is 1. The van der Waals surface area contributed by atoms with Crippen LogP contribution in [-0.2, 0) is 26.1 Å². The van der Waals surface area contributed by atoms with Crippen molar-refractivity contribution in [1.29, 1.82) is 0 Å². The second kappa shape index (κ2) is 8.73. The van der Waals surface area contributed by atoms with Crippen molar-refractivity contribution < 1.29 is 4.79 Å². The van der Waals surface area contributed by atoms with E-state index in [9.17, 15) is 14.4 Å². The Balaban J connectivity index is 1.67. The molecular formula is C24H26N4O3. The molecule has 4 rings (SSSR count). The van der Waals surface area contributed by atoms with Crippen LogP contribution in [0.15, 0.2) is 64.2 Å². The number of carbonyl (C=O) groups excluding carboxylic acids is 1. The minimum absolute atomic E-state index is 0.0639. The molecule has 0 aliphatic carbocycles. The van der Waals surface area contributed by atoms with Gasteiger partial charge in [-0.2, -0.15) is 0 Å². The summed E-state index contributed by atoms with van der Waals surface area (Å²) in [6.45, 7) is 3.54. The third kappa shape index (κ3) is 4.09. The molecule has 0 saturated carbocycles. The number of fused-ring (bicyclic) bond motifs is 1. The number of nitrogens with two attached hydrogens (primary N) is 1. The number of hydrogen-bond acceptors (Lipinski definition) is 5. The van der Waals surface area contributed by atoms with Crippen molar-refractivity contribution in [2.45, 2.75) is 33.0 Å². The molecule has 0 saturated heterocycles. The number of carbonyl (C=O) groups is 1. The van der Waals surface area contributed by atoms with Crippen molar-refractivity contribution in [3.8, 4) is 0 Å². The summed E-state index contributed by atoms with van der Waals surface area (Å²) in [7, 11) is 0. The molecule has 3 aromatic rings. The molecule has 0 bridgehead atoms. The molecule has 0 atom stereocenters. The molecule has 2 N–H and O–H groups in total. The van der Waals surface area contributed by atoms with Crippen LogP contribution in [-0.4, -0.2) is 32.9 Å². The number of anilines is 1. The summed E-state index contributed by atoms with van der Waals surface area (Å²) in [6.07, 6.45) is 0.853. The molecule has 1 aromatic heterocycles.